The molecule has 33 heavy (non-hydrogen) atoms. The number of piperidine rings is 1. The van der Waals surface area contributed by atoms with Crippen LogP contribution in [-0.2, 0) is 16.1 Å². The van der Waals surface area contributed by atoms with E-state index in [1.165, 1.54) is 70.0 Å². The van der Waals surface area contributed by atoms with Gasteiger partial charge in [0.25, 0.3) is 0 Å². The largest absolute Gasteiger partial charge is 0.490 e. The van der Waals surface area contributed by atoms with Crippen molar-refractivity contribution in [1.82, 2.24) is 14.8 Å². The summed E-state index contributed by atoms with van der Waals surface area (Å²) in [6, 6.07) is 4.26. The van der Waals surface area contributed by atoms with E-state index < -0.39 is 12.1 Å². The Morgan fingerprint density at radius 1 is 1.00 bits per heavy atom. The van der Waals surface area contributed by atoms with E-state index in [4.69, 9.17) is 9.90 Å². The van der Waals surface area contributed by atoms with Crippen molar-refractivity contribution in [3.8, 4) is 0 Å². The third-order valence-corrected chi connectivity index (χ3v) is 7.40. The number of nitrogens with zero attached hydrogens (tertiary/aromatic N) is 3. The number of aromatic nitrogens is 1. The molecule has 0 radical (unpaired) electrons. The van der Waals surface area contributed by atoms with Gasteiger partial charge >= 0.3 is 12.1 Å². The molecule has 184 valence electrons. The molecule has 0 bridgehead atoms. The molecular weight excluding hydrogens is 435 g/mol. The first kappa shape index (κ1) is 25.5. The number of carboxylic acids is 1. The molecule has 0 aromatic carbocycles. The normalized spacial score (nSPS) is 21.5. The molecular formula is C24H34F3N3O3. The van der Waals surface area contributed by atoms with E-state index in [9.17, 15) is 18.0 Å². The van der Waals surface area contributed by atoms with Gasteiger partial charge in [0.2, 0.25) is 5.91 Å². The van der Waals surface area contributed by atoms with Gasteiger partial charge in [-0.2, -0.15) is 13.2 Å². The molecule has 2 saturated heterocycles. The summed E-state index contributed by atoms with van der Waals surface area (Å²) < 4.78 is 31.7. The molecule has 1 amide bonds. The predicted octanol–water partition coefficient (Wildman–Crippen LogP) is 4.50. The molecule has 1 aromatic rings. The van der Waals surface area contributed by atoms with Crippen LogP contribution in [0.15, 0.2) is 24.5 Å². The highest BCUT2D eigenvalue weighted by molar-refractivity contribution is 5.76. The molecule has 6 nitrogen and oxygen atoms in total. The third kappa shape index (κ3) is 7.69. The van der Waals surface area contributed by atoms with Crippen LogP contribution in [0.3, 0.4) is 0 Å². The van der Waals surface area contributed by atoms with E-state index in [1.807, 2.05) is 12.4 Å². The third-order valence-electron chi connectivity index (χ3n) is 7.40. The highest BCUT2D eigenvalue weighted by Gasteiger charge is 2.39. The molecule has 0 unspecified atom stereocenters. The number of amides is 1. The van der Waals surface area contributed by atoms with Gasteiger partial charge in [0, 0.05) is 38.4 Å². The average Bonchev–Trinajstić information content (AvgIpc) is 3.33. The van der Waals surface area contributed by atoms with Crippen molar-refractivity contribution in [2.45, 2.75) is 70.5 Å². The fraction of sp³-hybridized carbons (Fsp3) is 0.708. The zero-order valence-electron chi connectivity index (χ0n) is 19.0. The Balaban J connectivity index is 0.000000383. The fourth-order valence-corrected chi connectivity index (χ4v) is 5.27. The maximum atomic E-state index is 12.4. The lowest BCUT2D eigenvalue weighted by Crippen LogP contribution is -2.42. The molecule has 1 saturated carbocycles. The van der Waals surface area contributed by atoms with Crippen LogP contribution in [0.2, 0.25) is 0 Å². The molecule has 1 spiro atoms. The Morgan fingerprint density at radius 3 is 2.06 bits per heavy atom. The van der Waals surface area contributed by atoms with Gasteiger partial charge in [-0.3, -0.25) is 14.7 Å². The summed E-state index contributed by atoms with van der Waals surface area (Å²) in [5.41, 5.74) is 1.95. The molecule has 0 atom stereocenters. The summed E-state index contributed by atoms with van der Waals surface area (Å²) in [5.74, 6) is -1.69. The number of pyridine rings is 1. The van der Waals surface area contributed by atoms with E-state index in [0.29, 0.717) is 17.2 Å². The molecule has 3 aliphatic rings. The maximum absolute atomic E-state index is 12.4. The van der Waals surface area contributed by atoms with E-state index in [2.05, 4.69) is 26.9 Å². The van der Waals surface area contributed by atoms with E-state index in [1.54, 1.807) is 0 Å². The van der Waals surface area contributed by atoms with Gasteiger partial charge in [0.05, 0.1) is 0 Å². The lowest BCUT2D eigenvalue weighted by Gasteiger charge is -2.46. The number of halogens is 3. The van der Waals surface area contributed by atoms with Gasteiger partial charge in [0.15, 0.2) is 0 Å². The number of carboxylic acid groups (broad SMARTS) is 1. The van der Waals surface area contributed by atoms with Crippen molar-refractivity contribution in [3.05, 3.63) is 30.1 Å². The summed E-state index contributed by atoms with van der Waals surface area (Å²) in [6.07, 6.45) is 9.82. The molecule has 4 rings (SSSR count). The maximum Gasteiger partial charge on any atom is 0.490 e. The second-order valence-corrected chi connectivity index (χ2v) is 9.67. The average molecular weight is 470 g/mol. The lowest BCUT2D eigenvalue weighted by molar-refractivity contribution is -0.192. The van der Waals surface area contributed by atoms with Gasteiger partial charge in [-0.1, -0.05) is 0 Å². The quantitative estimate of drug-likeness (QED) is 0.703. The van der Waals surface area contributed by atoms with Crippen LogP contribution in [0.1, 0.15) is 63.4 Å². The zero-order chi connectivity index (χ0) is 23.9. The zero-order valence-corrected chi connectivity index (χ0v) is 19.0. The molecule has 1 aromatic heterocycles. The second-order valence-electron chi connectivity index (χ2n) is 9.67. The Bertz CT molecular complexity index is 764. The number of hydrogen-bond acceptors (Lipinski definition) is 4. The molecule has 2 aliphatic heterocycles. The minimum Gasteiger partial charge on any atom is -0.475 e. The smallest absolute Gasteiger partial charge is 0.475 e. The van der Waals surface area contributed by atoms with Crippen LogP contribution >= 0.6 is 0 Å². The minimum absolute atomic E-state index is 0.427. The van der Waals surface area contributed by atoms with E-state index in [0.717, 1.165) is 26.1 Å². The van der Waals surface area contributed by atoms with Crippen LogP contribution in [0.4, 0.5) is 13.2 Å². The Morgan fingerprint density at radius 2 is 1.55 bits per heavy atom. The SMILES string of the molecule is O=C(CC1CCC2(CC1)CCN(Cc1ccncc1)CC2)N1CCCC1.O=C(O)C(F)(F)F. The van der Waals surface area contributed by atoms with Crippen molar-refractivity contribution in [2.24, 2.45) is 11.3 Å². The summed E-state index contributed by atoms with van der Waals surface area (Å²) in [6.45, 7) is 5.51. The topological polar surface area (TPSA) is 73.7 Å². The van der Waals surface area contributed by atoms with Gasteiger partial charge in [-0.15, -0.1) is 0 Å². The predicted molar refractivity (Wildman–Crippen MR) is 117 cm³/mol. The molecule has 3 heterocycles. The summed E-state index contributed by atoms with van der Waals surface area (Å²) >= 11 is 0. The summed E-state index contributed by atoms with van der Waals surface area (Å²) in [5, 5.41) is 7.12. The summed E-state index contributed by atoms with van der Waals surface area (Å²) in [4.78, 5) is 30.1. The highest BCUT2D eigenvalue weighted by atomic mass is 19.4. The van der Waals surface area contributed by atoms with Gasteiger partial charge in [-0.05, 0) is 93.5 Å². The van der Waals surface area contributed by atoms with E-state index >= 15 is 0 Å². The number of carbonyl (C=O) groups excluding carboxylic acids is 1. The number of likely N-dealkylation sites (tertiary alicyclic amines) is 2. The molecule has 1 aliphatic carbocycles. The molecule has 1 N–H and O–H groups in total. The van der Waals surface area contributed by atoms with E-state index in [-0.39, 0.29) is 0 Å². The molecule has 3 fully saturated rings. The minimum atomic E-state index is -5.08. The molecule has 9 heteroatoms. The van der Waals surface area contributed by atoms with Crippen LogP contribution in [0, 0.1) is 11.3 Å². The Labute approximate surface area is 193 Å². The van der Waals surface area contributed by atoms with Crippen molar-refractivity contribution >= 4 is 11.9 Å². The lowest BCUT2D eigenvalue weighted by atomic mass is 9.65. The summed E-state index contributed by atoms with van der Waals surface area (Å²) in [7, 11) is 0. The first-order valence-corrected chi connectivity index (χ1v) is 11.9. The van der Waals surface area contributed by atoms with Crippen molar-refractivity contribution in [1.29, 1.82) is 0 Å². The van der Waals surface area contributed by atoms with Crippen LogP contribution < -0.4 is 0 Å². The van der Waals surface area contributed by atoms with Crippen LogP contribution in [-0.4, -0.2) is 64.1 Å². The van der Waals surface area contributed by atoms with Gasteiger partial charge in [-0.25, -0.2) is 4.79 Å². The number of rotatable bonds is 4. The number of hydrogen-bond donors (Lipinski definition) is 1. The van der Waals surface area contributed by atoms with Crippen molar-refractivity contribution < 1.29 is 27.9 Å². The van der Waals surface area contributed by atoms with Gasteiger partial charge in [0.1, 0.15) is 0 Å². The number of alkyl halides is 3. The van der Waals surface area contributed by atoms with Gasteiger partial charge < -0.3 is 10.0 Å². The Hall–Kier alpha value is -2.16. The Kier molecular flexibility index (Phi) is 8.73. The second kappa shape index (κ2) is 11.3. The van der Waals surface area contributed by atoms with Crippen molar-refractivity contribution in [2.75, 3.05) is 26.2 Å². The monoisotopic (exact) mass is 469 g/mol. The standard InChI is InChI=1S/C22H33N3O.C2HF3O2/c26-21(25-13-1-2-14-25)17-19-3-7-22(8-4-19)9-15-24(16-10-22)18-20-5-11-23-12-6-20;3-2(4,5)1(6)7/h5-6,11-12,19H,1-4,7-10,13-18H2;(H,6,7). The number of aliphatic carboxylic acids is 1. The van der Waals surface area contributed by atoms with Crippen molar-refractivity contribution in [3.63, 3.8) is 0 Å². The highest BCUT2D eigenvalue weighted by Crippen LogP contribution is 2.47. The fourth-order valence-electron chi connectivity index (χ4n) is 5.27. The number of carbonyl (C=O) groups is 2. The van der Waals surface area contributed by atoms with Crippen LogP contribution in [0.25, 0.3) is 0 Å². The van der Waals surface area contributed by atoms with Crippen LogP contribution in [0.5, 0.6) is 0 Å². The first-order valence-electron chi connectivity index (χ1n) is 11.9. The first-order chi connectivity index (χ1) is 15.7.